The number of carboxylic acid groups (broad SMARTS) is 1. The minimum absolute atomic E-state index is 0.00579. The number of piperazine rings is 1. The number of guanidine groups is 1. The molecule has 11 nitrogen and oxygen atoms in total. The number of carbonyl (C=O) groups excluding carboxylic acids is 1. The van der Waals surface area contributed by atoms with Crippen LogP contribution < -0.4 is 20.3 Å². The van der Waals surface area contributed by atoms with E-state index in [1.54, 1.807) is 6.07 Å². The smallest absolute Gasteiger partial charge is 0.323 e. The predicted octanol–water partition coefficient (Wildman–Crippen LogP) is 0.847. The molecule has 0 unspecified atom stereocenters. The first kappa shape index (κ1) is 27.3. The zero-order chi connectivity index (χ0) is 27.3. The maximum absolute atomic E-state index is 15.1. The van der Waals surface area contributed by atoms with Gasteiger partial charge < -0.3 is 25.5 Å². The lowest BCUT2D eigenvalue weighted by atomic mass is 10.1. The molecule has 0 saturated carbocycles. The van der Waals surface area contributed by atoms with Crippen LogP contribution in [0, 0.1) is 5.82 Å². The third kappa shape index (κ3) is 6.40. The van der Waals surface area contributed by atoms with Crippen LogP contribution in [-0.2, 0) is 14.8 Å². The van der Waals surface area contributed by atoms with Crippen molar-refractivity contribution in [2.75, 3.05) is 44.2 Å². The lowest BCUT2D eigenvalue weighted by Crippen LogP contribution is -2.58. The maximum atomic E-state index is 15.1. The lowest BCUT2D eigenvalue weighted by Gasteiger charge is -2.43. The number of amides is 1. The van der Waals surface area contributed by atoms with Crippen LogP contribution in [0.25, 0.3) is 0 Å². The summed E-state index contributed by atoms with van der Waals surface area (Å²) in [6, 6.07) is 9.86. The fraction of sp³-hybridized carbons (Fsp3) is 0.400. The highest BCUT2D eigenvalue weighted by Crippen LogP contribution is 2.24. The Bertz CT molecular complexity index is 1310. The molecular weight excluding hydrogens is 515 g/mol. The topological polar surface area (TPSA) is 143 Å². The highest BCUT2D eigenvalue weighted by atomic mass is 32.2. The van der Waals surface area contributed by atoms with Gasteiger partial charge in [0.15, 0.2) is 5.96 Å². The van der Waals surface area contributed by atoms with E-state index in [-0.39, 0.29) is 16.5 Å². The molecule has 0 radical (unpaired) electrons. The number of halogens is 1. The van der Waals surface area contributed by atoms with Gasteiger partial charge in [0.2, 0.25) is 10.0 Å². The van der Waals surface area contributed by atoms with Crippen molar-refractivity contribution in [1.82, 2.24) is 20.3 Å². The molecule has 0 spiro atoms. The second kappa shape index (κ2) is 11.8. The number of benzene rings is 2. The fourth-order valence-corrected chi connectivity index (χ4v) is 5.65. The van der Waals surface area contributed by atoms with Crippen molar-refractivity contribution < 1.29 is 27.5 Å². The van der Waals surface area contributed by atoms with Crippen LogP contribution in [0.15, 0.2) is 58.4 Å². The predicted molar refractivity (Wildman–Crippen MR) is 140 cm³/mol. The van der Waals surface area contributed by atoms with Gasteiger partial charge in [-0.1, -0.05) is 18.2 Å². The number of hydrogen-bond acceptors (Lipinski definition) is 8. The molecule has 4 N–H and O–H groups in total. The summed E-state index contributed by atoms with van der Waals surface area (Å²) in [5, 5.41) is 15.1. The number of carbonyl (C=O) groups is 2. The Kier molecular flexibility index (Phi) is 8.47. The van der Waals surface area contributed by atoms with Crippen molar-refractivity contribution in [3.8, 4) is 0 Å². The van der Waals surface area contributed by atoms with E-state index in [2.05, 4.69) is 32.2 Å². The van der Waals surface area contributed by atoms with Crippen LogP contribution in [0.4, 0.5) is 10.1 Å². The molecule has 1 amide bonds. The van der Waals surface area contributed by atoms with E-state index in [9.17, 15) is 23.1 Å². The zero-order valence-electron chi connectivity index (χ0n) is 20.9. The summed E-state index contributed by atoms with van der Waals surface area (Å²) in [6.07, 6.45) is 1.00. The van der Waals surface area contributed by atoms with Gasteiger partial charge in [0.05, 0.1) is 10.6 Å². The second-order valence-corrected chi connectivity index (χ2v) is 10.9. The normalized spacial score (nSPS) is 18.8. The van der Waals surface area contributed by atoms with E-state index in [4.69, 9.17) is 0 Å². The van der Waals surface area contributed by atoms with E-state index in [0.29, 0.717) is 25.3 Å². The third-order valence-corrected chi connectivity index (χ3v) is 7.93. The van der Waals surface area contributed by atoms with E-state index >= 15 is 4.39 Å². The molecule has 1 fully saturated rings. The molecule has 13 heteroatoms. The highest BCUT2D eigenvalue weighted by Gasteiger charge is 2.29. The van der Waals surface area contributed by atoms with Gasteiger partial charge in [-0.15, -0.1) is 0 Å². The van der Waals surface area contributed by atoms with Gasteiger partial charge in [-0.3, -0.25) is 14.6 Å². The molecule has 2 aromatic rings. The van der Waals surface area contributed by atoms with Crippen molar-refractivity contribution in [2.45, 2.75) is 30.3 Å². The molecule has 4 rings (SSSR count). The quantitative estimate of drug-likeness (QED) is 0.382. The first-order valence-electron chi connectivity index (χ1n) is 12.3. The largest absolute Gasteiger partial charge is 0.480 e. The van der Waals surface area contributed by atoms with Gasteiger partial charge in [-0.05, 0) is 43.7 Å². The number of nitrogens with one attached hydrogen (secondary N) is 3. The van der Waals surface area contributed by atoms with E-state index in [1.807, 2.05) is 4.90 Å². The van der Waals surface area contributed by atoms with Crippen molar-refractivity contribution in [3.63, 3.8) is 0 Å². The van der Waals surface area contributed by atoms with Crippen molar-refractivity contribution in [3.05, 3.63) is 59.9 Å². The fourth-order valence-electron chi connectivity index (χ4n) is 4.44. The minimum atomic E-state index is -4.12. The zero-order valence-corrected chi connectivity index (χ0v) is 21.7. The van der Waals surface area contributed by atoms with Gasteiger partial charge in [0.1, 0.15) is 11.9 Å². The number of hydrogen-bond donors (Lipinski definition) is 4. The van der Waals surface area contributed by atoms with Crippen LogP contribution in [-0.4, -0.2) is 87.6 Å². The van der Waals surface area contributed by atoms with Gasteiger partial charge in [-0.2, -0.15) is 4.72 Å². The van der Waals surface area contributed by atoms with Crippen molar-refractivity contribution in [2.24, 2.45) is 4.99 Å². The molecule has 0 aliphatic carbocycles. The molecule has 0 bridgehead atoms. The molecule has 204 valence electrons. The molecule has 2 atom stereocenters. The Morgan fingerprint density at radius 2 is 1.97 bits per heavy atom. The summed E-state index contributed by atoms with van der Waals surface area (Å²) in [4.78, 5) is 32.8. The summed E-state index contributed by atoms with van der Waals surface area (Å²) in [6.45, 7) is 5.02. The van der Waals surface area contributed by atoms with Crippen molar-refractivity contribution >= 4 is 33.5 Å². The third-order valence-electron chi connectivity index (χ3n) is 6.45. The molecule has 1 saturated heterocycles. The number of nitrogens with zero attached hydrogens (tertiary/aromatic N) is 3. The van der Waals surface area contributed by atoms with Crippen LogP contribution >= 0.6 is 0 Å². The first-order chi connectivity index (χ1) is 18.2. The summed E-state index contributed by atoms with van der Waals surface area (Å²) in [7, 11) is -4.12. The molecule has 2 heterocycles. The molecule has 38 heavy (non-hydrogen) atoms. The van der Waals surface area contributed by atoms with E-state index in [1.165, 1.54) is 36.4 Å². The Balaban J connectivity index is 1.37. The Morgan fingerprint density at radius 3 is 2.61 bits per heavy atom. The SMILES string of the molecule is C[C@H]1CN(c2ccc(C(=O)NC[C@H](NS(=O)(=O)c3ccccc3)C(=O)O)cc2F)CCN1C1=NCCCN1. The molecular formula is C25H31FN6O5S. The monoisotopic (exact) mass is 546 g/mol. The van der Waals surface area contributed by atoms with Gasteiger partial charge in [0.25, 0.3) is 5.91 Å². The maximum Gasteiger partial charge on any atom is 0.323 e. The number of sulfonamides is 1. The minimum Gasteiger partial charge on any atom is -0.480 e. The average molecular weight is 547 g/mol. The van der Waals surface area contributed by atoms with Crippen LogP contribution in [0.1, 0.15) is 23.7 Å². The molecule has 2 aliphatic heterocycles. The van der Waals surface area contributed by atoms with Crippen molar-refractivity contribution in [1.29, 1.82) is 0 Å². The number of anilines is 1. The van der Waals surface area contributed by atoms with E-state index < -0.39 is 40.3 Å². The number of rotatable bonds is 8. The average Bonchev–Trinajstić information content (AvgIpc) is 2.91. The Hall–Kier alpha value is -3.71. The standard InChI is InChI=1S/C25H31FN6O5S/c1-17-16-31(12-13-32(17)25-27-10-5-11-28-25)22-9-8-18(14-20(22)26)23(33)29-15-21(24(34)35)30-38(36,37)19-6-3-2-4-7-19/h2-4,6-9,14,17,21,30H,5,10-13,15-16H2,1H3,(H,27,28)(H,29,33)(H,34,35)/t17-,21-/m0/s1. The summed E-state index contributed by atoms with van der Waals surface area (Å²) in [5.41, 5.74) is 0.361. The van der Waals surface area contributed by atoms with E-state index in [0.717, 1.165) is 31.5 Å². The first-order valence-corrected chi connectivity index (χ1v) is 13.8. The highest BCUT2D eigenvalue weighted by molar-refractivity contribution is 7.89. The molecule has 0 aromatic heterocycles. The number of carboxylic acids is 1. The Labute approximate surface area is 220 Å². The summed E-state index contributed by atoms with van der Waals surface area (Å²) >= 11 is 0. The second-order valence-electron chi connectivity index (χ2n) is 9.18. The van der Waals surface area contributed by atoms with Gasteiger partial charge >= 0.3 is 5.97 Å². The van der Waals surface area contributed by atoms with Crippen LogP contribution in [0.5, 0.6) is 0 Å². The van der Waals surface area contributed by atoms with Crippen LogP contribution in [0.3, 0.4) is 0 Å². The summed E-state index contributed by atoms with van der Waals surface area (Å²) < 4.78 is 42.1. The van der Waals surface area contributed by atoms with Gasteiger partial charge in [-0.25, -0.2) is 12.8 Å². The Morgan fingerprint density at radius 1 is 1.21 bits per heavy atom. The molecule has 2 aliphatic rings. The summed E-state index contributed by atoms with van der Waals surface area (Å²) in [5.74, 6) is -1.89. The van der Waals surface area contributed by atoms with Gasteiger partial charge in [0, 0.05) is 50.9 Å². The number of aliphatic carboxylic acids is 1. The lowest BCUT2D eigenvalue weighted by molar-refractivity contribution is -0.138. The molecule has 2 aromatic carbocycles. The van der Waals surface area contributed by atoms with Crippen LogP contribution in [0.2, 0.25) is 0 Å². The number of aliphatic imine (C=N–C) groups is 1.